The van der Waals surface area contributed by atoms with Crippen molar-refractivity contribution in [1.82, 2.24) is 4.90 Å². The van der Waals surface area contributed by atoms with Gasteiger partial charge < -0.3 is 10.0 Å². The van der Waals surface area contributed by atoms with E-state index < -0.39 is 6.10 Å². The molecule has 74 valence electrons. The summed E-state index contributed by atoms with van der Waals surface area (Å²) in [6.07, 6.45) is 1.86. The molecule has 0 aliphatic carbocycles. The zero-order valence-corrected chi connectivity index (χ0v) is 9.01. The van der Waals surface area contributed by atoms with Crippen molar-refractivity contribution in [2.24, 2.45) is 0 Å². The lowest BCUT2D eigenvalue weighted by molar-refractivity contribution is 0.116. The molecule has 0 spiro atoms. The summed E-state index contributed by atoms with van der Waals surface area (Å²) in [5, 5.41) is 9.29. The van der Waals surface area contributed by atoms with Crippen LogP contribution in [0.2, 0.25) is 0 Å². The summed E-state index contributed by atoms with van der Waals surface area (Å²) >= 11 is 5.51. The second kappa shape index (κ2) is 6.70. The minimum absolute atomic E-state index is 0.324. The van der Waals surface area contributed by atoms with Gasteiger partial charge in [0.25, 0.3) is 0 Å². The molecule has 0 aliphatic rings. The van der Waals surface area contributed by atoms with Gasteiger partial charge in [0, 0.05) is 18.5 Å². The number of aliphatic hydroxyl groups excluding tert-OH is 1. The smallest absolute Gasteiger partial charge is 0.0802 e. The van der Waals surface area contributed by atoms with E-state index in [0.717, 1.165) is 12.8 Å². The van der Waals surface area contributed by atoms with Gasteiger partial charge in [0.05, 0.1) is 6.10 Å². The number of halogens is 1. The first-order valence-corrected chi connectivity index (χ1v) is 5.13. The Hall–Kier alpha value is 0.210. The van der Waals surface area contributed by atoms with Crippen LogP contribution in [0.1, 0.15) is 26.7 Å². The molecule has 0 saturated carbocycles. The minimum atomic E-state index is -0.391. The van der Waals surface area contributed by atoms with Crippen molar-refractivity contribution in [1.29, 1.82) is 0 Å². The molecule has 12 heavy (non-hydrogen) atoms. The molecule has 0 amide bonds. The second-order valence-electron chi connectivity index (χ2n) is 3.22. The zero-order chi connectivity index (χ0) is 9.56. The lowest BCUT2D eigenvalue weighted by Crippen LogP contribution is -2.37. The third-order valence-corrected chi connectivity index (χ3v) is 2.60. The molecule has 0 aromatic heterocycles. The van der Waals surface area contributed by atoms with Gasteiger partial charge in [-0.2, -0.15) is 0 Å². The molecule has 1 N–H and O–H groups in total. The van der Waals surface area contributed by atoms with Crippen LogP contribution < -0.4 is 0 Å². The molecule has 0 aromatic rings. The van der Waals surface area contributed by atoms with Crippen LogP contribution >= 0.6 is 11.6 Å². The molecule has 0 heterocycles. The van der Waals surface area contributed by atoms with Crippen molar-refractivity contribution in [3.8, 4) is 0 Å². The highest BCUT2D eigenvalue weighted by molar-refractivity contribution is 6.18. The number of hydrogen-bond acceptors (Lipinski definition) is 2. The Labute approximate surface area is 80.5 Å². The lowest BCUT2D eigenvalue weighted by Gasteiger charge is -2.27. The Kier molecular flexibility index (Phi) is 6.81. The van der Waals surface area contributed by atoms with E-state index >= 15 is 0 Å². The Balaban J connectivity index is 3.75. The maximum Gasteiger partial charge on any atom is 0.0802 e. The van der Waals surface area contributed by atoms with E-state index in [9.17, 15) is 5.11 Å². The van der Waals surface area contributed by atoms with E-state index in [1.165, 1.54) is 0 Å². The van der Waals surface area contributed by atoms with Crippen LogP contribution in [-0.2, 0) is 0 Å². The molecule has 1 unspecified atom stereocenters. The molecule has 0 bridgehead atoms. The van der Waals surface area contributed by atoms with Gasteiger partial charge in [-0.05, 0) is 19.9 Å². The number of aliphatic hydroxyl groups is 1. The minimum Gasteiger partial charge on any atom is -0.391 e. The first-order chi connectivity index (χ1) is 5.65. The van der Waals surface area contributed by atoms with Gasteiger partial charge in [0.15, 0.2) is 0 Å². The quantitative estimate of drug-likeness (QED) is 0.650. The standard InChI is InChI=1S/C9H20ClNO/c1-4-8(5-2)11(3)7-9(12)6-10/h8-9,12H,4-7H2,1-3H3. The summed E-state index contributed by atoms with van der Waals surface area (Å²) in [6, 6.07) is 0.572. The van der Waals surface area contributed by atoms with E-state index in [2.05, 4.69) is 18.7 Å². The highest BCUT2D eigenvalue weighted by atomic mass is 35.5. The van der Waals surface area contributed by atoms with Crippen LogP contribution in [0.15, 0.2) is 0 Å². The summed E-state index contributed by atoms with van der Waals surface area (Å²) in [7, 11) is 2.04. The van der Waals surface area contributed by atoms with E-state index in [4.69, 9.17) is 11.6 Å². The summed E-state index contributed by atoms with van der Waals surface area (Å²) < 4.78 is 0. The van der Waals surface area contributed by atoms with Crippen molar-refractivity contribution in [2.75, 3.05) is 19.5 Å². The Bertz CT molecular complexity index is 107. The fraction of sp³-hybridized carbons (Fsp3) is 1.00. The van der Waals surface area contributed by atoms with Crippen molar-refractivity contribution >= 4 is 11.6 Å². The van der Waals surface area contributed by atoms with E-state index in [0.29, 0.717) is 18.5 Å². The van der Waals surface area contributed by atoms with Crippen molar-refractivity contribution in [3.05, 3.63) is 0 Å². The summed E-state index contributed by atoms with van der Waals surface area (Å²) in [5.74, 6) is 0.324. The molecule has 1 atom stereocenters. The average Bonchev–Trinajstić information content (AvgIpc) is 2.06. The molecule has 0 rings (SSSR count). The second-order valence-corrected chi connectivity index (χ2v) is 3.53. The van der Waals surface area contributed by atoms with Crippen LogP contribution in [0.3, 0.4) is 0 Å². The maximum atomic E-state index is 9.29. The number of hydrogen-bond donors (Lipinski definition) is 1. The fourth-order valence-corrected chi connectivity index (χ4v) is 1.54. The molecule has 0 aromatic carbocycles. The van der Waals surface area contributed by atoms with Crippen LogP contribution in [0.4, 0.5) is 0 Å². The number of likely N-dealkylation sites (N-methyl/N-ethyl adjacent to an activating group) is 1. The Morgan fingerprint density at radius 2 is 1.83 bits per heavy atom. The topological polar surface area (TPSA) is 23.5 Å². The monoisotopic (exact) mass is 193 g/mol. The molecular weight excluding hydrogens is 174 g/mol. The van der Waals surface area contributed by atoms with Gasteiger partial charge in [0.2, 0.25) is 0 Å². The van der Waals surface area contributed by atoms with Gasteiger partial charge in [-0.25, -0.2) is 0 Å². The Morgan fingerprint density at radius 3 is 2.17 bits per heavy atom. The summed E-state index contributed by atoms with van der Waals surface area (Å²) in [4.78, 5) is 2.17. The predicted octanol–water partition coefficient (Wildman–Crippen LogP) is 1.71. The predicted molar refractivity (Wildman–Crippen MR) is 53.7 cm³/mol. The third kappa shape index (κ3) is 4.29. The third-order valence-electron chi connectivity index (χ3n) is 2.24. The van der Waals surface area contributed by atoms with E-state index in [1.807, 2.05) is 7.05 Å². The van der Waals surface area contributed by atoms with Crippen molar-refractivity contribution in [2.45, 2.75) is 38.8 Å². The molecule has 0 fully saturated rings. The maximum absolute atomic E-state index is 9.29. The van der Waals surface area contributed by atoms with Crippen molar-refractivity contribution < 1.29 is 5.11 Å². The molecule has 0 aliphatic heterocycles. The molecule has 2 nitrogen and oxygen atoms in total. The first kappa shape index (κ1) is 12.2. The van der Waals surface area contributed by atoms with Gasteiger partial charge in [-0.15, -0.1) is 11.6 Å². The number of rotatable bonds is 6. The van der Waals surface area contributed by atoms with Crippen LogP contribution in [0.25, 0.3) is 0 Å². The van der Waals surface area contributed by atoms with Gasteiger partial charge in [-0.1, -0.05) is 13.8 Å². The lowest BCUT2D eigenvalue weighted by atomic mass is 10.1. The Morgan fingerprint density at radius 1 is 1.33 bits per heavy atom. The highest BCUT2D eigenvalue weighted by Gasteiger charge is 2.13. The molecule has 0 radical (unpaired) electrons. The van der Waals surface area contributed by atoms with Gasteiger partial charge >= 0.3 is 0 Å². The van der Waals surface area contributed by atoms with E-state index in [-0.39, 0.29) is 0 Å². The molecule has 0 saturated heterocycles. The molecular formula is C9H20ClNO. The van der Waals surface area contributed by atoms with E-state index in [1.54, 1.807) is 0 Å². The summed E-state index contributed by atoms with van der Waals surface area (Å²) in [5.41, 5.74) is 0. The largest absolute Gasteiger partial charge is 0.391 e. The first-order valence-electron chi connectivity index (χ1n) is 4.59. The fourth-order valence-electron chi connectivity index (χ4n) is 1.44. The van der Waals surface area contributed by atoms with Gasteiger partial charge in [0.1, 0.15) is 0 Å². The van der Waals surface area contributed by atoms with Gasteiger partial charge in [-0.3, -0.25) is 0 Å². The van der Waals surface area contributed by atoms with Crippen molar-refractivity contribution in [3.63, 3.8) is 0 Å². The summed E-state index contributed by atoms with van der Waals surface area (Å²) in [6.45, 7) is 5.01. The highest BCUT2D eigenvalue weighted by Crippen LogP contribution is 2.06. The number of nitrogens with zero attached hydrogens (tertiary/aromatic N) is 1. The average molecular weight is 194 g/mol. The zero-order valence-electron chi connectivity index (χ0n) is 8.26. The van der Waals surface area contributed by atoms with Crippen LogP contribution in [0, 0.1) is 0 Å². The SMILES string of the molecule is CCC(CC)N(C)CC(O)CCl. The van der Waals surface area contributed by atoms with Crippen LogP contribution in [0.5, 0.6) is 0 Å². The normalized spacial score (nSPS) is 14.2. The molecule has 3 heteroatoms. The number of alkyl halides is 1. The van der Waals surface area contributed by atoms with Crippen LogP contribution in [-0.4, -0.2) is 41.6 Å².